The zero-order valence-corrected chi connectivity index (χ0v) is 13.7. The van der Waals surface area contributed by atoms with Gasteiger partial charge < -0.3 is 4.90 Å². The molecule has 1 N–H and O–H groups in total. The summed E-state index contributed by atoms with van der Waals surface area (Å²) in [5.41, 5.74) is 0.709. The largest absolute Gasteiger partial charge is 0.311 e. The fraction of sp³-hybridized carbons (Fsp3) is 0.188. The molecule has 0 aromatic heterocycles. The van der Waals surface area contributed by atoms with E-state index in [-0.39, 0.29) is 17.2 Å². The standard InChI is InChI=1S/C16H15ClN2O3S/c17-12-6-8-14(9-7-12)19-11-13(10-16(19)20)18-23(21,22)15-4-2-1-3-5-15/h1-9,13,18H,10-11H2. The van der Waals surface area contributed by atoms with Gasteiger partial charge in [-0.1, -0.05) is 29.8 Å². The molecule has 1 saturated heterocycles. The van der Waals surface area contributed by atoms with Crippen LogP contribution in [0.4, 0.5) is 5.69 Å². The highest BCUT2D eigenvalue weighted by Crippen LogP contribution is 2.24. The average molecular weight is 351 g/mol. The third-order valence-corrected chi connectivity index (χ3v) is 5.43. The number of anilines is 1. The van der Waals surface area contributed by atoms with Crippen LogP contribution < -0.4 is 9.62 Å². The molecule has 1 unspecified atom stereocenters. The average Bonchev–Trinajstić information content (AvgIpc) is 2.89. The minimum Gasteiger partial charge on any atom is -0.311 e. The number of halogens is 1. The molecule has 3 rings (SSSR count). The highest BCUT2D eigenvalue weighted by molar-refractivity contribution is 7.89. The highest BCUT2D eigenvalue weighted by Gasteiger charge is 2.33. The van der Waals surface area contributed by atoms with E-state index in [2.05, 4.69) is 4.72 Å². The van der Waals surface area contributed by atoms with Crippen LogP contribution in [0, 0.1) is 0 Å². The minimum atomic E-state index is -3.63. The van der Waals surface area contributed by atoms with Crippen LogP contribution >= 0.6 is 11.6 Å². The highest BCUT2D eigenvalue weighted by atomic mass is 35.5. The van der Waals surface area contributed by atoms with Crippen molar-refractivity contribution in [3.63, 3.8) is 0 Å². The zero-order valence-electron chi connectivity index (χ0n) is 12.1. The van der Waals surface area contributed by atoms with Gasteiger partial charge in [0.15, 0.2) is 0 Å². The Kier molecular flexibility index (Phi) is 4.39. The van der Waals surface area contributed by atoms with Crippen LogP contribution in [0.3, 0.4) is 0 Å². The van der Waals surface area contributed by atoms with Crippen LogP contribution in [-0.4, -0.2) is 26.9 Å². The Hall–Kier alpha value is -1.89. The van der Waals surface area contributed by atoms with E-state index in [9.17, 15) is 13.2 Å². The van der Waals surface area contributed by atoms with Crippen LogP contribution in [0.25, 0.3) is 0 Å². The van der Waals surface area contributed by atoms with Crippen molar-refractivity contribution in [3.8, 4) is 0 Å². The lowest BCUT2D eigenvalue weighted by atomic mass is 10.3. The van der Waals surface area contributed by atoms with E-state index in [1.165, 1.54) is 12.1 Å². The molecule has 0 saturated carbocycles. The lowest BCUT2D eigenvalue weighted by Gasteiger charge is -2.17. The summed E-state index contributed by atoms with van der Waals surface area (Å²) in [5, 5.41) is 0.585. The first kappa shape index (κ1) is 16.0. The Labute approximate surface area is 139 Å². The molecule has 0 aliphatic carbocycles. The number of amides is 1. The van der Waals surface area contributed by atoms with E-state index in [1.807, 2.05) is 0 Å². The van der Waals surface area contributed by atoms with Crippen molar-refractivity contribution in [2.45, 2.75) is 17.4 Å². The third-order valence-electron chi connectivity index (χ3n) is 3.64. The van der Waals surface area contributed by atoms with Gasteiger partial charge in [-0.05, 0) is 36.4 Å². The first-order chi connectivity index (χ1) is 11.0. The molecule has 5 nitrogen and oxygen atoms in total. The molecule has 0 bridgehead atoms. The van der Waals surface area contributed by atoms with Crippen LogP contribution in [0.1, 0.15) is 6.42 Å². The van der Waals surface area contributed by atoms with Gasteiger partial charge in [-0.2, -0.15) is 0 Å². The molecule has 1 fully saturated rings. The van der Waals surface area contributed by atoms with Gasteiger partial charge in [0.1, 0.15) is 0 Å². The van der Waals surface area contributed by atoms with Gasteiger partial charge in [-0.15, -0.1) is 0 Å². The molecule has 23 heavy (non-hydrogen) atoms. The molecular weight excluding hydrogens is 336 g/mol. The number of nitrogens with zero attached hydrogens (tertiary/aromatic N) is 1. The van der Waals surface area contributed by atoms with Crippen LogP contribution in [0.2, 0.25) is 5.02 Å². The predicted octanol–water partition coefficient (Wildman–Crippen LogP) is 2.42. The monoisotopic (exact) mass is 350 g/mol. The topological polar surface area (TPSA) is 66.5 Å². The summed E-state index contributed by atoms with van der Waals surface area (Å²) in [4.78, 5) is 13.9. The molecule has 2 aromatic rings. The Morgan fingerprint density at radius 3 is 2.35 bits per heavy atom. The maximum atomic E-state index is 12.3. The summed E-state index contributed by atoms with van der Waals surface area (Å²) >= 11 is 5.84. The SMILES string of the molecule is O=C1CC(NS(=O)(=O)c2ccccc2)CN1c1ccc(Cl)cc1. The third kappa shape index (κ3) is 3.55. The Morgan fingerprint density at radius 2 is 1.70 bits per heavy atom. The van der Waals surface area contributed by atoms with E-state index in [0.29, 0.717) is 17.3 Å². The maximum Gasteiger partial charge on any atom is 0.240 e. The first-order valence-corrected chi connectivity index (χ1v) is 8.95. The Morgan fingerprint density at radius 1 is 1.04 bits per heavy atom. The summed E-state index contributed by atoms with van der Waals surface area (Å²) in [5.74, 6) is -0.118. The van der Waals surface area contributed by atoms with Crippen molar-refractivity contribution in [2.24, 2.45) is 0 Å². The smallest absolute Gasteiger partial charge is 0.240 e. The van der Waals surface area contributed by atoms with E-state index in [0.717, 1.165) is 0 Å². The van der Waals surface area contributed by atoms with Gasteiger partial charge in [0.05, 0.1) is 4.90 Å². The lowest BCUT2D eigenvalue weighted by Crippen LogP contribution is -2.37. The molecule has 1 atom stereocenters. The van der Waals surface area contributed by atoms with Crippen LogP contribution in [0.15, 0.2) is 59.5 Å². The molecule has 0 spiro atoms. The number of benzene rings is 2. The second-order valence-electron chi connectivity index (χ2n) is 5.32. The molecule has 120 valence electrons. The van der Waals surface area contributed by atoms with Crippen molar-refractivity contribution in [1.29, 1.82) is 0 Å². The number of hydrogen-bond acceptors (Lipinski definition) is 3. The number of rotatable bonds is 4. The van der Waals surface area contributed by atoms with Crippen molar-refractivity contribution in [2.75, 3.05) is 11.4 Å². The van der Waals surface area contributed by atoms with Gasteiger partial charge in [-0.3, -0.25) is 4.79 Å². The molecule has 2 aromatic carbocycles. The van der Waals surface area contributed by atoms with E-state index in [1.54, 1.807) is 47.4 Å². The number of carbonyl (C=O) groups is 1. The van der Waals surface area contributed by atoms with Crippen molar-refractivity contribution in [1.82, 2.24) is 4.72 Å². The van der Waals surface area contributed by atoms with E-state index >= 15 is 0 Å². The van der Waals surface area contributed by atoms with E-state index in [4.69, 9.17) is 11.6 Å². The van der Waals surface area contributed by atoms with Crippen LogP contribution in [0.5, 0.6) is 0 Å². The quantitative estimate of drug-likeness (QED) is 0.920. The summed E-state index contributed by atoms with van der Waals surface area (Å²) in [6, 6.07) is 14.6. The van der Waals surface area contributed by atoms with Crippen molar-refractivity contribution < 1.29 is 13.2 Å². The number of carbonyl (C=O) groups excluding carboxylic acids is 1. The number of sulfonamides is 1. The van der Waals surface area contributed by atoms with Gasteiger partial charge in [0.25, 0.3) is 0 Å². The predicted molar refractivity (Wildman–Crippen MR) is 89.0 cm³/mol. The number of hydrogen-bond donors (Lipinski definition) is 1. The molecule has 0 radical (unpaired) electrons. The molecule has 1 aliphatic heterocycles. The molecule has 1 heterocycles. The fourth-order valence-electron chi connectivity index (χ4n) is 2.54. The lowest BCUT2D eigenvalue weighted by molar-refractivity contribution is -0.117. The molecular formula is C16H15ClN2O3S. The Balaban J connectivity index is 1.74. The molecule has 7 heteroatoms. The van der Waals surface area contributed by atoms with Gasteiger partial charge in [-0.25, -0.2) is 13.1 Å². The van der Waals surface area contributed by atoms with Gasteiger partial charge in [0, 0.05) is 29.7 Å². The minimum absolute atomic E-state index is 0.118. The van der Waals surface area contributed by atoms with E-state index < -0.39 is 16.1 Å². The summed E-state index contributed by atoms with van der Waals surface area (Å²) in [6.45, 7) is 0.298. The van der Waals surface area contributed by atoms with Crippen molar-refractivity contribution in [3.05, 3.63) is 59.6 Å². The fourth-order valence-corrected chi connectivity index (χ4v) is 3.92. The second kappa shape index (κ2) is 6.31. The molecule has 1 amide bonds. The summed E-state index contributed by atoms with van der Waals surface area (Å²) < 4.78 is 27.2. The Bertz CT molecular complexity index is 807. The summed E-state index contributed by atoms with van der Waals surface area (Å²) in [7, 11) is -3.63. The molecule has 1 aliphatic rings. The van der Waals surface area contributed by atoms with Crippen molar-refractivity contribution >= 4 is 33.2 Å². The second-order valence-corrected chi connectivity index (χ2v) is 7.47. The number of nitrogens with one attached hydrogen (secondary N) is 1. The van der Waals surface area contributed by atoms with Gasteiger partial charge >= 0.3 is 0 Å². The maximum absolute atomic E-state index is 12.3. The zero-order chi connectivity index (χ0) is 16.4. The van der Waals surface area contributed by atoms with Gasteiger partial charge in [0.2, 0.25) is 15.9 Å². The first-order valence-electron chi connectivity index (χ1n) is 7.09. The summed E-state index contributed by atoms with van der Waals surface area (Å²) in [6.07, 6.45) is 0.134. The normalized spacial score (nSPS) is 18.4. The van der Waals surface area contributed by atoms with Crippen LogP contribution in [-0.2, 0) is 14.8 Å².